The molecule has 0 unspecified atom stereocenters. The molecule has 5 heteroatoms. The molecule has 1 heterocycles. The van der Waals surface area contributed by atoms with Gasteiger partial charge in [0.05, 0.1) is 18.2 Å². The predicted octanol–water partition coefficient (Wildman–Crippen LogP) is 3.78. The number of nitrogens with zero attached hydrogens (tertiary/aromatic N) is 2. The number of rotatable bonds is 3. The molecule has 1 aromatic heterocycles. The molecule has 0 fully saturated rings. The molecular formula is C15H17ClN2O2. The first-order valence-electron chi connectivity index (χ1n) is 6.27. The number of carbonyl (C=O) groups is 1. The highest BCUT2D eigenvalue weighted by molar-refractivity contribution is 6.32. The Morgan fingerprint density at radius 2 is 2.05 bits per heavy atom. The zero-order chi connectivity index (χ0) is 14.9. The van der Waals surface area contributed by atoms with Crippen LogP contribution in [0.5, 0.6) is 5.75 Å². The molecule has 106 valence electrons. The second kappa shape index (κ2) is 5.29. The fraction of sp³-hybridized carbons (Fsp3) is 0.333. The second-order valence-electron chi connectivity index (χ2n) is 5.49. The number of ether oxygens (including phenoxy) is 1. The van der Waals surface area contributed by atoms with Crippen molar-refractivity contribution in [3.05, 3.63) is 35.0 Å². The number of hydrogen-bond acceptors (Lipinski definition) is 3. The number of aromatic nitrogens is 2. The molecular weight excluding hydrogens is 276 g/mol. The van der Waals surface area contributed by atoms with Gasteiger partial charge in [-0.15, -0.1) is 0 Å². The summed E-state index contributed by atoms with van der Waals surface area (Å²) < 4.78 is 6.86. The van der Waals surface area contributed by atoms with Crippen molar-refractivity contribution in [1.29, 1.82) is 0 Å². The number of benzene rings is 1. The Kier molecular flexibility index (Phi) is 3.86. The normalized spacial score (nSPS) is 11.4. The van der Waals surface area contributed by atoms with E-state index >= 15 is 0 Å². The summed E-state index contributed by atoms with van der Waals surface area (Å²) in [6.45, 7) is 5.95. The Labute approximate surface area is 123 Å². The maximum Gasteiger partial charge on any atom is 0.155 e. The summed E-state index contributed by atoms with van der Waals surface area (Å²) in [5.41, 5.74) is 1.47. The van der Waals surface area contributed by atoms with Crippen molar-refractivity contribution < 1.29 is 9.53 Å². The second-order valence-corrected chi connectivity index (χ2v) is 5.84. The molecule has 0 amide bonds. The monoisotopic (exact) mass is 292 g/mol. The minimum atomic E-state index is -0.300. The van der Waals surface area contributed by atoms with E-state index < -0.39 is 0 Å². The Bertz CT molecular complexity index is 642. The smallest absolute Gasteiger partial charge is 0.155 e. The van der Waals surface area contributed by atoms with Crippen LogP contribution in [0.2, 0.25) is 5.15 Å². The van der Waals surface area contributed by atoms with Crippen molar-refractivity contribution in [2.24, 2.45) is 0 Å². The highest BCUT2D eigenvalue weighted by Crippen LogP contribution is 2.32. The van der Waals surface area contributed by atoms with Gasteiger partial charge in [0.15, 0.2) is 6.29 Å². The molecule has 0 radical (unpaired) electrons. The number of carbonyl (C=O) groups excluding carboxylic acids is 1. The first-order valence-corrected chi connectivity index (χ1v) is 6.65. The van der Waals surface area contributed by atoms with E-state index in [4.69, 9.17) is 16.3 Å². The van der Waals surface area contributed by atoms with Crippen molar-refractivity contribution in [2.75, 3.05) is 7.11 Å². The van der Waals surface area contributed by atoms with Gasteiger partial charge in [-0.05, 0) is 32.9 Å². The van der Waals surface area contributed by atoms with Crippen LogP contribution in [0.4, 0.5) is 0 Å². The molecule has 0 aliphatic heterocycles. The summed E-state index contributed by atoms with van der Waals surface area (Å²) >= 11 is 6.28. The van der Waals surface area contributed by atoms with Crippen LogP contribution < -0.4 is 4.74 Å². The highest BCUT2D eigenvalue weighted by Gasteiger charge is 2.24. The van der Waals surface area contributed by atoms with Gasteiger partial charge in [-0.2, -0.15) is 5.10 Å². The average Bonchev–Trinajstić information content (AvgIpc) is 2.75. The van der Waals surface area contributed by atoms with Crippen LogP contribution in [-0.2, 0) is 5.54 Å². The standard InChI is InChI=1S/C15H17ClN2O2/c1-15(2,3)18-14(16)12(9-19)13(17-18)10-6-5-7-11(8-10)20-4/h5-9H,1-4H3. The Balaban J connectivity index is 2.64. The van der Waals surface area contributed by atoms with Crippen LogP contribution in [0.3, 0.4) is 0 Å². The predicted molar refractivity (Wildman–Crippen MR) is 79.6 cm³/mol. The Morgan fingerprint density at radius 3 is 2.60 bits per heavy atom. The average molecular weight is 293 g/mol. The molecule has 0 N–H and O–H groups in total. The maximum atomic E-state index is 11.3. The maximum absolute atomic E-state index is 11.3. The SMILES string of the molecule is COc1cccc(-c2nn(C(C)(C)C)c(Cl)c2C=O)c1. The quantitative estimate of drug-likeness (QED) is 0.809. The fourth-order valence-corrected chi connectivity index (χ4v) is 2.37. The Morgan fingerprint density at radius 1 is 1.35 bits per heavy atom. The molecule has 0 aliphatic carbocycles. The van der Waals surface area contributed by atoms with Crippen molar-refractivity contribution in [1.82, 2.24) is 9.78 Å². The van der Waals surface area contributed by atoms with Gasteiger partial charge in [0.1, 0.15) is 16.6 Å². The largest absolute Gasteiger partial charge is 0.497 e. The summed E-state index contributed by atoms with van der Waals surface area (Å²) in [5.74, 6) is 0.709. The van der Waals surface area contributed by atoms with Gasteiger partial charge >= 0.3 is 0 Å². The van der Waals surface area contributed by atoms with Crippen molar-refractivity contribution in [2.45, 2.75) is 26.3 Å². The van der Waals surface area contributed by atoms with Gasteiger partial charge in [-0.25, -0.2) is 4.68 Å². The summed E-state index contributed by atoms with van der Waals surface area (Å²) in [6.07, 6.45) is 0.742. The van der Waals surface area contributed by atoms with Gasteiger partial charge in [0.2, 0.25) is 0 Å². The highest BCUT2D eigenvalue weighted by atomic mass is 35.5. The van der Waals surface area contributed by atoms with Crippen molar-refractivity contribution >= 4 is 17.9 Å². The van der Waals surface area contributed by atoms with Crippen LogP contribution in [0.1, 0.15) is 31.1 Å². The van der Waals surface area contributed by atoms with Gasteiger partial charge in [-0.1, -0.05) is 23.7 Å². The minimum Gasteiger partial charge on any atom is -0.497 e. The third kappa shape index (κ3) is 2.56. The molecule has 2 aromatic rings. The molecule has 0 saturated heterocycles. The fourth-order valence-electron chi connectivity index (χ4n) is 1.94. The molecule has 0 bridgehead atoms. The van der Waals surface area contributed by atoms with E-state index in [1.54, 1.807) is 11.8 Å². The molecule has 0 aliphatic rings. The number of methoxy groups -OCH3 is 1. The van der Waals surface area contributed by atoms with E-state index in [2.05, 4.69) is 5.10 Å². The molecule has 0 saturated carbocycles. The molecule has 2 rings (SSSR count). The summed E-state index contributed by atoms with van der Waals surface area (Å²) in [6, 6.07) is 7.40. The number of hydrogen-bond donors (Lipinski definition) is 0. The lowest BCUT2D eigenvalue weighted by Crippen LogP contribution is -2.23. The van der Waals surface area contributed by atoms with Gasteiger partial charge in [0, 0.05) is 5.56 Å². The topological polar surface area (TPSA) is 44.1 Å². The van der Waals surface area contributed by atoms with Crippen LogP contribution in [0, 0.1) is 0 Å². The van der Waals surface area contributed by atoms with Crippen molar-refractivity contribution in [3.63, 3.8) is 0 Å². The van der Waals surface area contributed by atoms with Crippen LogP contribution in [-0.4, -0.2) is 23.2 Å². The van der Waals surface area contributed by atoms with Crippen LogP contribution >= 0.6 is 11.6 Å². The zero-order valence-corrected chi connectivity index (χ0v) is 12.7. The van der Waals surface area contributed by atoms with Gasteiger partial charge in [-0.3, -0.25) is 4.79 Å². The van der Waals surface area contributed by atoms with Crippen LogP contribution in [0.25, 0.3) is 11.3 Å². The van der Waals surface area contributed by atoms with E-state index in [1.165, 1.54) is 0 Å². The van der Waals surface area contributed by atoms with E-state index in [1.807, 2.05) is 45.0 Å². The summed E-state index contributed by atoms with van der Waals surface area (Å²) in [7, 11) is 1.60. The van der Waals surface area contributed by atoms with E-state index in [-0.39, 0.29) is 5.54 Å². The lowest BCUT2D eigenvalue weighted by atomic mass is 10.1. The minimum absolute atomic E-state index is 0.300. The van der Waals surface area contributed by atoms with E-state index in [0.29, 0.717) is 22.2 Å². The lowest BCUT2D eigenvalue weighted by Gasteiger charge is -2.20. The molecule has 20 heavy (non-hydrogen) atoms. The van der Waals surface area contributed by atoms with E-state index in [0.717, 1.165) is 11.8 Å². The van der Waals surface area contributed by atoms with Gasteiger partial charge < -0.3 is 4.74 Å². The summed E-state index contributed by atoms with van der Waals surface area (Å²) in [5, 5.41) is 4.85. The third-order valence-corrected chi connectivity index (χ3v) is 3.32. The molecule has 0 atom stereocenters. The molecule has 1 aromatic carbocycles. The summed E-state index contributed by atoms with van der Waals surface area (Å²) in [4.78, 5) is 11.3. The van der Waals surface area contributed by atoms with Crippen molar-refractivity contribution in [3.8, 4) is 17.0 Å². The number of halogens is 1. The third-order valence-electron chi connectivity index (χ3n) is 2.96. The zero-order valence-electron chi connectivity index (χ0n) is 12.0. The Hall–Kier alpha value is -1.81. The lowest BCUT2D eigenvalue weighted by molar-refractivity contribution is 0.112. The molecule has 0 spiro atoms. The van der Waals surface area contributed by atoms with E-state index in [9.17, 15) is 4.79 Å². The van der Waals surface area contributed by atoms with Gasteiger partial charge in [0.25, 0.3) is 0 Å². The number of aldehydes is 1. The molecule has 4 nitrogen and oxygen atoms in total. The van der Waals surface area contributed by atoms with Crippen LogP contribution in [0.15, 0.2) is 24.3 Å². The first-order chi connectivity index (χ1) is 9.38. The first kappa shape index (κ1) is 14.6.